The second-order valence-corrected chi connectivity index (χ2v) is 8.57. The highest BCUT2D eigenvalue weighted by atomic mass is 32.2. The van der Waals surface area contributed by atoms with Crippen LogP contribution in [0.2, 0.25) is 0 Å². The van der Waals surface area contributed by atoms with Gasteiger partial charge < -0.3 is 10.6 Å². The van der Waals surface area contributed by atoms with Crippen molar-refractivity contribution < 1.29 is 9.59 Å². The van der Waals surface area contributed by atoms with Crippen LogP contribution in [0.3, 0.4) is 0 Å². The van der Waals surface area contributed by atoms with Crippen LogP contribution in [0.5, 0.6) is 0 Å². The Labute approximate surface area is 175 Å². The fraction of sp³-hybridized carbons (Fsp3) is 0.652. The normalized spacial score (nSPS) is 13.0. The maximum absolute atomic E-state index is 12.6. The Hall–Kier alpha value is -1.49. The Morgan fingerprint density at radius 1 is 1.04 bits per heavy atom. The summed E-state index contributed by atoms with van der Waals surface area (Å²) in [5, 5.41) is 5.85. The fourth-order valence-corrected chi connectivity index (χ4v) is 3.97. The minimum Gasteiger partial charge on any atom is -0.354 e. The lowest BCUT2D eigenvalue weighted by Gasteiger charge is -2.20. The van der Waals surface area contributed by atoms with Gasteiger partial charge in [0.05, 0.1) is 0 Å². The van der Waals surface area contributed by atoms with E-state index in [1.807, 2.05) is 0 Å². The molecule has 2 atom stereocenters. The van der Waals surface area contributed by atoms with Crippen LogP contribution in [0.4, 0.5) is 0 Å². The summed E-state index contributed by atoms with van der Waals surface area (Å²) in [5.74, 6) is 0.780. The molecule has 1 aromatic carbocycles. The van der Waals surface area contributed by atoms with Gasteiger partial charge in [0.15, 0.2) is 0 Å². The Balaban J connectivity index is 2.56. The Morgan fingerprint density at radius 3 is 2.29 bits per heavy atom. The van der Waals surface area contributed by atoms with Gasteiger partial charge in [-0.1, -0.05) is 58.6 Å². The van der Waals surface area contributed by atoms with Crippen LogP contribution in [0.25, 0.3) is 0 Å². The van der Waals surface area contributed by atoms with Gasteiger partial charge in [-0.2, -0.15) is 0 Å². The van der Waals surface area contributed by atoms with E-state index in [4.69, 9.17) is 0 Å². The fourth-order valence-electron chi connectivity index (χ4n) is 3.05. The van der Waals surface area contributed by atoms with Crippen molar-refractivity contribution in [2.75, 3.05) is 12.3 Å². The van der Waals surface area contributed by atoms with Gasteiger partial charge >= 0.3 is 0 Å². The first kappa shape index (κ1) is 24.5. The average molecular weight is 407 g/mol. The number of rotatable bonds is 14. The summed E-state index contributed by atoms with van der Waals surface area (Å²) >= 11 is 1.61. The van der Waals surface area contributed by atoms with E-state index in [1.165, 1.54) is 38.2 Å². The molecule has 2 amide bonds. The number of thioether (sulfide) groups is 1. The summed E-state index contributed by atoms with van der Waals surface area (Å²) < 4.78 is 0. The molecule has 0 saturated heterocycles. The monoisotopic (exact) mass is 406 g/mol. The SMILES string of the molecule is CCCCc1ccc(SCC(NC(C)=O)C(=O)NCC(CC)CCCC)cc1. The van der Waals surface area contributed by atoms with E-state index >= 15 is 0 Å². The molecule has 2 unspecified atom stereocenters. The van der Waals surface area contributed by atoms with Crippen LogP contribution < -0.4 is 10.6 Å². The first-order valence-electron chi connectivity index (χ1n) is 10.8. The molecule has 0 bridgehead atoms. The van der Waals surface area contributed by atoms with Crippen LogP contribution in [0.15, 0.2) is 29.2 Å². The van der Waals surface area contributed by atoms with Gasteiger partial charge in [0, 0.05) is 24.1 Å². The molecule has 1 rings (SSSR count). The van der Waals surface area contributed by atoms with Crippen molar-refractivity contribution in [3.63, 3.8) is 0 Å². The van der Waals surface area contributed by atoms with Crippen molar-refractivity contribution in [1.29, 1.82) is 0 Å². The predicted octanol–water partition coefficient (Wildman–Crippen LogP) is 4.96. The predicted molar refractivity (Wildman–Crippen MR) is 120 cm³/mol. The summed E-state index contributed by atoms with van der Waals surface area (Å²) in [6.45, 7) is 8.69. The number of hydrogen-bond acceptors (Lipinski definition) is 3. The second-order valence-electron chi connectivity index (χ2n) is 7.47. The number of amides is 2. The van der Waals surface area contributed by atoms with E-state index in [-0.39, 0.29) is 11.8 Å². The van der Waals surface area contributed by atoms with Crippen LogP contribution in [-0.2, 0) is 16.0 Å². The maximum Gasteiger partial charge on any atom is 0.243 e. The molecule has 158 valence electrons. The summed E-state index contributed by atoms with van der Waals surface area (Å²) in [4.78, 5) is 25.3. The van der Waals surface area contributed by atoms with Crippen LogP contribution >= 0.6 is 11.8 Å². The Bertz CT molecular complexity index is 574. The largest absolute Gasteiger partial charge is 0.354 e. The van der Waals surface area contributed by atoms with Crippen LogP contribution in [-0.4, -0.2) is 30.2 Å². The van der Waals surface area contributed by atoms with Crippen molar-refractivity contribution >= 4 is 23.6 Å². The van der Waals surface area contributed by atoms with E-state index in [1.54, 1.807) is 11.8 Å². The number of unbranched alkanes of at least 4 members (excludes halogenated alkanes) is 2. The molecule has 0 fully saturated rings. The van der Waals surface area contributed by atoms with Gasteiger partial charge in [0.1, 0.15) is 6.04 Å². The second kappa shape index (κ2) is 14.5. The molecule has 0 saturated carbocycles. The van der Waals surface area contributed by atoms with E-state index in [2.05, 4.69) is 55.7 Å². The zero-order valence-electron chi connectivity index (χ0n) is 18.1. The summed E-state index contributed by atoms with van der Waals surface area (Å²) in [6.07, 6.45) is 8.06. The third-order valence-corrected chi connectivity index (χ3v) is 6.07. The van der Waals surface area contributed by atoms with Crippen LogP contribution in [0.1, 0.15) is 71.8 Å². The Kier molecular flexibility index (Phi) is 12.7. The molecular weight excluding hydrogens is 368 g/mol. The van der Waals surface area contributed by atoms with Crippen LogP contribution in [0, 0.1) is 5.92 Å². The number of carbonyl (C=O) groups excluding carboxylic acids is 2. The number of carbonyl (C=O) groups is 2. The highest BCUT2D eigenvalue weighted by Gasteiger charge is 2.20. The summed E-state index contributed by atoms with van der Waals surface area (Å²) in [6, 6.07) is 8.02. The minimum absolute atomic E-state index is 0.0859. The molecule has 1 aromatic rings. The molecule has 0 aliphatic rings. The lowest BCUT2D eigenvalue weighted by Crippen LogP contribution is -2.48. The third-order valence-electron chi connectivity index (χ3n) is 4.96. The van der Waals surface area contributed by atoms with Gasteiger partial charge in [-0.25, -0.2) is 0 Å². The quantitative estimate of drug-likeness (QED) is 0.429. The van der Waals surface area contributed by atoms with E-state index in [0.717, 1.165) is 24.2 Å². The number of hydrogen-bond donors (Lipinski definition) is 2. The molecule has 0 radical (unpaired) electrons. The smallest absolute Gasteiger partial charge is 0.243 e. The van der Waals surface area contributed by atoms with Gasteiger partial charge in [-0.3, -0.25) is 9.59 Å². The van der Waals surface area contributed by atoms with Gasteiger partial charge in [-0.05, 0) is 42.9 Å². The van der Waals surface area contributed by atoms with E-state index < -0.39 is 6.04 Å². The first-order valence-corrected chi connectivity index (χ1v) is 11.7. The van der Waals surface area contributed by atoms with E-state index in [0.29, 0.717) is 18.2 Å². The molecule has 2 N–H and O–H groups in total. The zero-order chi connectivity index (χ0) is 20.8. The van der Waals surface area contributed by atoms with Gasteiger partial charge in [0.2, 0.25) is 11.8 Å². The van der Waals surface area contributed by atoms with E-state index in [9.17, 15) is 9.59 Å². The molecule has 0 heterocycles. The molecule has 0 spiro atoms. The number of aryl methyl sites for hydroxylation is 1. The number of nitrogens with one attached hydrogen (secondary N) is 2. The van der Waals surface area contributed by atoms with Crippen molar-refractivity contribution in [1.82, 2.24) is 10.6 Å². The van der Waals surface area contributed by atoms with Gasteiger partial charge in [-0.15, -0.1) is 11.8 Å². The minimum atomic E-state index is -0.508. The summed E-state index contributed by atoms with van der Waals surface area (Å²) in [7, 11) is 0. The van der Waals surface area contributed by atoms with Crippen molar-refractivity contribution in [2.24, 2.45) is 5.92 Å². The zero-order valence-corrected chi connectivity index (χ0v) is 18.9. The Morgan fingerprint density at radius 2 is 1.71 bits per heavy atom. The topological polar surface area (TPSA) is 58.2 Å². The first-order chi connectivity index (χ1) is 13.5. The molecule has 28 heavy (non-hydrogen) atoms. The molecule has 0 aliphatic heterocycles. The van der Waals surface area contributed by atoms with Crippen molar-refractivity contribution in [3.8, 4) is 0 Å². The average Bonchev–Trinajstić information content (AvgIpc) is 2.70. The lowest BCUT2D eigenvalue weighted by molar-refractivity contribution is -0.127. The molecule has 4 nitrogen and oxygen atoms in total. The van der Waals surface area contributed by atoms with Crippen molar-refractivity contribution in [2.45, 2.75) is 83.6 Å². The van der Waals surface area contributed by atoms with Crippen molar-refractivity contribution in [3.05, 3.63) is 29.8 Å². The summed E-state index contributed by atoms with van der Waals surface area (Å²) in [5.41, 5.74) is 1.35. The number of benzene rings is 1. The molecule has 5 heteroatoms. The standard InChI is InChI=1S/C23H38N2O2S/c1-5-8-10-19(7-3)16-24-23(27)22(25-18(4)26)17-28-21-14-12-20(13-15-21)11-9-6-2/h12-15,19,22H,5-11,16-17H2,1-4H3,(H,24,27)(H,25,26). The lowest BCUT2D eigenvalue weighted by atomic mass is 9.99. The highest BCUT2D eigenvalue weighted by molar-refractivity contribution is 7.99. The molecule has 0 aliphatic carbocycles. The molecular formula is C23H38N2O2S. The maximum atomic E-state index is 12.6. The highest BCUT2D eigenvalue weighted by Crippen LogP contribution is 2.20. The third kappa shape index (κ3) is 10.2. The van der Waals surface area contributed by atoms with Gasteiger partial charge in [0.25, 0.3) is 0 Å². The molecule has 0 aromatic heterocycles.